The minimum Gasteiger partial charge on any atom is -0.311 e. The highest BCUT2D eigenvalue weighted by Crippen LogP contribution is 2.43. The summed E-state index contributed by atoms with van der Waals surface area (Å²) in [6, 6.07) is 130. The maximum Gasteiger partial charge on any atom is 0.0541 e. The van der Waals surface area contributed by atoms with E-state index in [9.17, 15) is 0 Å². The maximum absolute atomic E-state index is 2.39. The number of fused-ring (bicyclic) bond motifs is 3. The monoisotopic (exact) mass is 1110 g/mol. The maximum atomic E-state index is 2.39. The second-order valence-corrected chi connectivity index (χ2v) is 22.1. The van der Waals surface area contributed by atoms with Gasteiger partial charge in [0.1, 0.15) is 0 Å². The molecule has 15 rings (SSSR count). The molecule has 87 heavy (non-hydrogen) atoms. The minimum atomic E-state index is 1.07. The van der Waals surface area contributed by atoms with Crippen molar-refractivity contribution < 1.29 is 0 Å². The van der Waals surface area contributed by atoms with Crippen molar-refractivity contribution in [2.24, 2.45) is 0 Å². The highest BCUT2D eigenvalue weighted by Gasteiger charge is 2.19. The predicted octanol–water partition coefficient (Wildman–Crippen LogP) is 23.4. The zero-order valence-corrected chi connectivity index (χ0v) is 47.9. The molecule has 0 unspecified atom stereocenters. The second-order valence-electron chi connectivity index (χ2n) is 22.1. The Hall–Kier alpha value is -11.5. The number of hydrogen-bond donors (Lipinski definition) is 0. The first kappa shape index (κ1) is 52.3. The SMILES string of the molecule is c1ccc(-c2ccc(N(c3ccc(-c4ccccc4)cc3)c3ccc(-c4cc(-c5ccc(N(c6ccc(-c7ccccc7)cc6)c6ccc(-c7ccccc7)cc6)cc5)cc(-c5ccc6c(c5)c5ccccc5n6-c5ccccc5)c4)cc3)cc2)cc1. The molecular weight excluding hydrogens is 1050 g/mol. The van der Waals surface area contributed by atoms with E-state index in [0.29, 0.717) is 0 Å². The van der Waals surface area contributed by atoms with Gasteiger partial charge in [0.25, 0.3) is 0 Å². The van der Waals surface area contributed by atoms with Gasteiger partial charge in [-0.2, -0.15) is 0 Å². The molecule has 0 radical (unpaired) electrons. The summed E-state index contributed by atoms with van der Waals surface area (Å²) in [7, 11) is 0. The van der Waals surface area contributed by atoms with Gasteiger partial charge >= 0.3 is 0 Å². The van der Waals surface area contributed by atoms with Gasteiger partial charge in [0.15, 0.2) is 0 Å². The van der Waals surface area contributed by atoms with Crippen molar-refractivity contribution in [3.8, 4) is 83.6 Å². The molecule has 3 heteroatoms. The fourth-order valence-electron chi connectivity index (χ4n) is 12.4. The average molecular weight is 1110 g/mol. The molecule has 0 saturated carbocycles. The van der Waals surface area contributed by atoms with Gasteiger partial charge in [-0.05, 0) is 199 Å². The van der Waals surface area contributed by atoms with Crippen LogP contribution in [-0.2, 0) is 0 Å². The third-order valence-electron chi connectivity index (χ3n) is 16.8. The van der Waals surface area contributed by atoms with E-state index in [1.54, 1.807) is 0 Å². The Labute approximate surface area is 508 Å². The van der Waals surface area contributed by atoms with E-state index in [4.69, 9.17) is 0 Å². The Morgan fingerprint density at radius 3 is 0.736 bits per heavy atom. The fourth-order valence-corrected chi connectivity index (χ4v) is 12.4. The van der Waals surface area contributed by atoms with Crippen LogP contribution in [0.2, 0.25) is 0 Å². The molecule has 410 valence electrons. The van der Waals surface area contributed by atoms with Crippen molar-refractivity contribution in [1.82, 2.24) is 4.57 Å². The number of aromatic nitrogens is 1. The van der Waals surface area contributed by atoms with Gasteiger partial charge in [0, 0.05) is 50.6 Å². The summed E-state index contributed by atoms with van der Waals surface area (Å²) < 4.78 is 2.39. The lowest BCUT2D eigenvalue weighted by Crippen LogP contribution is -2.09. The van der Waals surface area contributed by atoms with E-state index in [1.165, 1.54) is 66.3 Å². The van der Waals surface area contributed by atoms with Crippen molar-refractivity contribution in [2.45, 2.75) is 0 Å². The van der Waals surface area contributed by atoms with Gasteiger partial charge in [0.05, 0.1) is 11.0 Å². The molecule has 0 fully saturated rings. The van der Waals surface area contributed by atoms with E-state index in [-0.39, 0.29) is 0 Å². The van der Waals surface area contributed by atoms with Crippen LogP contribution in [0.4, 0.5) is 34.1 Å². The summed E-state index contributed by atoms with van der Waals surface area (Å²) in [4.78, 5) is 4.72. The van der Waals surface area contributed by atoms with E-state index < -0.39 is 0 Å². The summed E-state index contributed by atoms with van der Waals surface area (Å²) in [5.74, 6) is 0. The topological polar surface area (TPSA) is 11.4 Å². The largest absolute Gasteiger partial charge is 0.311 e. The molecule has 1 heterocycles. The van der Waals surface area contributed by atoms with Crippen LogP contribution in [0.15, 0.2) is 358 Å². The molecule has 1 aromatic heterocycles. The number of para-hydroxylation sites is 2. The van der Waals surface area contributed by atoms with E-state index in [2.05, 4.69) is 372 Å². The van der Waals surface area contributed by atoms with Gasteiger partial charge in [-0.25, -0.2) is 0 Å². The van der Waals surface area contributed by atoms with Crippen LogP contribution >= 0.6 is 0 Å². The van der Waals surface area contributed by atoms with Crippen LogP contribution in [-0.4, -0.2) is 4.57 Å². The number of benzene rings is 14. The Morgan fingerprint density at radius 1 is 0.161 bits per heavy atom. The smallest absolute Gasteiger partial charge is 0.0541 e. The molecule has 15 aromatic rings. The summed E-state index contributed by atoms with van der Waals surface area (Å²) in [5, 5.41) is 2.44. The molecule has 0 N–H and O–H groups in total. The van der Waals surface area contributed by atoms with Gasteiger partial charge in [-0.1, -0.05) is 237 Å². The van der Waals surface area contributed by atoms with E-state index in [0.717, 1.165) is 73.2 Å². The minimum absolute atomic E-state index is 1.07. The number of anilines is 6. The quantitative estimate of drug-likeness (QED) is 0.108. The molecule has 3 nitrogen and oxygen atoms in total. The first-order valence-electron chi connectivity index (χ1n) is 29.8. The molecular formula is C84H59N3. The standard InChI is InChI=1S/C84H59N3/c1-6-18-60(19-7-1)64-30-43-75(44-31-64)85(76-45-32-65(33-46-76)61-20-8-2-9-21-61)79-51-38-68(39-52-79)71-56-72(58-73(57-71)70-42-55-84-82(59-70)81-28-16-17-29-83(81)87(84)74-26-14-5-15-27-74)69-40-53-80(54-41-69)86(77-47-34-66(35-48-77)62-22-10-3-11-23-62)78-49-36-67(37-50-78)63-24-12-4-13-25-63/h1-59H. The highest BCUT2D eigenvalue weighted by molar-refractivity contribution is 6.10. The Bertz CT molecular complexity index is 4420. The van der Waals surface area contributed by atoms with Crippen molar-refractivity contribution >= 4 is 55.9 Å². The van der Waals surface area contributed by atoms with E-state index >= 15 is 0 Å². The van der Waals surface area contributed by atoms with Gasteiger partial charge < -0.3 is 14.4 Å². The number of nitrogens with zero attached hydrogens (tertiary/aromatic N) is 3. The first-order chi connectivity index (χ1) is 43.1. The molecule has 14 aromatic carbocycles. The average Bonchev–Trinajstić information content (AvgIpc) is 2.45. The summed E-state index contributed by atoms with van der Waals surface area (Å²) in [6.45, 7) is 0. The molecule has 0 aliphatic carbocycles. The fraction of sp³-hybridized carbons (Fsp3) is 0. The lowest BCUT2D eigenvalue weighted by atomic mass is 9.92. The summed E-state index contributed by atoms with van der Waals surface area (Å²) in [6.07, 6.45) is 0. The highest BCUT2D eigenvalue weighted by atomic mass is 15.1. The van der Waals surface area contributed by atoms with Crippen LogP contribution in [0, 0.1) is 0 Å². The second kappa shape index (κ2) is 23.3. The van der Waals surface area contributed by atoms with Crippen LogP contribution in [0.1, 0.15) is 0 Å². The van der Waals surface area contributed by atoms with Crippen LogP contribution in [0.3, 0.4) is 0 Å². The third kappa shape index (κ3) is 10.6. The summed E-state index contributed by atoms with van der Waals surface area (Å²) in [5.41, 5.74) is 26.3. The summed E-state index contributed by atoms with van der Waals surface area (Å²) >= 11 is 0. The molecule has 0 bridgehead atoms. The van der Waals surface area contributed by atoms with Crippen molar-refractivity contribution in [3.63, 3.8) is 0 Å². The lowest BCUT2D eigenvalue weighted by Gasteiger charge is -2.26. The zero-order chi connectivity index (χ0) is 57.9. The van der Waals surface area contributed by atoms with Crippen molar-refractivity contribution in [1.29, 1.82) is 0 Å². The molecule has 0 aliphatic rings. The van der Waals surface area contributed by atoms with Gasteiger partial charge in [-0.15, -0.1) is 0 Å². The molecule has 0 saturated heterocycles. The zero-order valence-electron chi connectivity index (χ0n) is 47.9. The number of rotatable bonds is 14. The Morgan fingerprint density at radius 2 is 0.402 bits per heavy atom. The van der Waals surface area contributed by atoms with E-state index in [1.807, 2.05) is 0 Å². The normalized spacial score (nSPS) is 11.2. The van der Waals surface area contributed by atoms with Crippen molar-refractivity contribution in [2.75, 3.05) is 9.80 Å². The molecule has 0 atom stereocenters. The molecule has 0 spiro atoms. The first-order valence-corrected chi connectivity index (χ1v) is 29.8. The molecule has 0 amide bonds. The number of hydrogen-bond acceptors (Lipinski definition) is 2. The van der Waals surface area contributed by atoms with Gasteiger partial charge in [0.2, 0.25) is 0 Å². The third-order valence-corrected chi connectivity index (χ3v) is 16.8. The molecule has 0 aliphatic heterocycles. The van der Waals surface area contributed by atoms with Crippen LogP contribution in [0.25, 0.3) is 105 Å². The lowest BCUT2D eigenvalue weighted by molar-refractivity contribution is 1.18. The Kier molecular flexibility index (Phi) is 14.0. The van der Waals surface area contributed by atoms with Gasteiger partial charge in [-0.3, -0.25) is 0 Å². The predicted molar refractivity (Wildman–Crippen MR) is 368 cm³/mol. The van der Waals surface area contributed by atoms with Crippen LogP contribution < -0.4 is 9.80 Å². The van der Waals surface area contributed by atoms with Crippen LogP contribution in [0.5, 0.6) is 0 Å². The Balaban J connectivity index is 0.834. The van der Waals surface area contributed by atoms with Crippen molar-refractivity contribution in [3.05, 3.63) is 358 Å².